The molecule has 32 heavy (non-hydrogen) atoms. The average molecular weight is 457 g/mol. The number of benzene rings is 2. The Bertz CT molecular complexity index is 1040. The second-order valence-electron chi connectivity index (χ2n) is 7.44. The molecule has 2 aromatic carbocycles. The maximum atomic E-state index is 13.4. The highest BCUT2D eigenvalue weighted by atomic mass is 32.2. The van der Waals surface area contributed by atoms with Crippen LogP contribution in [0.3, 0.4) is 0 Å². The summed E-state index contributed by atoms with van der Waals surface area (Å²) in [6.07, 6.45) is 0. The molecule has 0 aliphatic carbocycles. The summed E-state index contributed by atoms with van der Waals surface area (Å²) in [6, 6.07) is 13.9. The smallest absolute Gasteiger partial charge is 0.252 e. The third kappa shape index (κ3) is 5.73. The maximum Gasteiger partial charge on any atom is 0.252 e. The Morgan fingerprint density at radius 1 is 1.19 bits per heavy atom. The molecule has 2 heterocycles. The zero-order valence-electron chi connectivity index (χ0n) is 17.8. The number of carbonyl (C=O) groups is 1. The van der Waals surface area contributed by atoms with Crippen molar-refractivity contribution in [2.45, 2.75) is 23.6 Å². The third-order valence-corrected chi connectivity index (χ3v) is 6.32. The Kier molecular flexibility index (Phi) is 7.51. The summed E-state index contributed by atoms with van der Waals surface area (Å²) >= 11 is 1.49. The highest BCUT2D eigenvalue weighted by Crippen LogP contribution is 2.26. The van der Waals surface area contributed by atoms with E-state index in [9.17, 15) is 9.18 Å². The predicted molar refractivity (Wildman–Crippen MR) is 119 cm³/mol. The lowest BCUT2D eigenvalue weighted by atomic mass is 10.0. The van der Waals surface area contributed by atoms with E-state index in [4.69, 9.17) is 9.26 Å². The Morgan fingerprint density at radius 3 is 2.66 bits per heavy atom. The van der Waals surface area contributed by atoms with Crippen molar-refractivity contribution in [1.29, 1.82) is 0 Å². The van der Waals surface area contributed by atoms with E-state index in [1.165, 1.54) is 23.9 Å². The van der Waals surface area contributed by atoms with E-state index in [2.05, 4.69) is 20.4 Å². The molecule has 1 aromatic heterocycles. The molecule has 1 amide bonds. The highest BCUT2D eigenvalue weighted by Gasteiger charge is 2.24. The van der Waals surface area contributed by atoms with Gasteiger partial charge in [0.1, 0.15) is 5.82 Å². The summed E-state index contributed by atoms with van der Waals surface area (Å²) in [5.74, 6) is 1.18. The normalized spacial score (nSPS) is 15.4. The van der Waals surface area contributed by atoms with Crippen LogP contribution in [-0.4, -0.2) is 53.8 Å². The number of hydrogen-bond acceptors (Lipinski definition) is 7. The van der Waals surface area contributed by atoms with Gasteiger partial charge in [0.25, 0.3) is 5.91 Å². The van der Waals surface area contributed by atoms with Crippen LogP contribution in [-0.2, 0) is 10.5 Å². The van der Waals surface area contributed by atoms with Gasteiger partial charge in [-0.2, -0.15) is 4.98 Å². The molecule has 0 bridgehead atoms. The summed E-state index contributed by atoms with van der Waals surface area (Å²) in [7, 11) is 0. The number of thioether (sulfide) groups is 1. The molecule has 1 aliphatic rings. The number of rotatable bonds is 8. The molecule has 3 aromatic rings. The molecule has 9 heteroatoms. The first-order valence-corrected chi connectivity index (χ1v) is 11.4. The van der Waals surface area contributed by atoms with Crippen molar-refractivity contribution >= 4 is 17.7 Å². The van der Waals surface area contributed by atoms with E-state index < -0.39 is 0 Å². The van der Waals surface area contributed by atoms with Crippen LogP contribution >= 0.6 is 11.8 Å². The van der Waals surface area contributed by atoms with Gasteiger partial charge >= 0.3 is 0 Å². The molecule has 168 valence electrons. The van der Waals surface area contributed by atoms with E-state index in [0.717, 1.165) is 23.5 Å². The van der Waals surface area contributed by atoms with Crippen LogP contribution < -0.4 is 5.32 Å². The SMILES string of the molecule is Cc1nc(CSc2ccccc2C(=O)NCC(c2ccc(F)cc2)N2CCOCC2)no1. The zero-order valence-corrected chi connectivity index (χ0v) is 18.6. The van der Waals surface area contributed by atoms with Crippen LogP contribution in [0, 0.1) is 12.7 Å². The predicted octanol–water partition coefficient (Wildman–Crippen LogP) is 3.61. The largest absolute Gasteiger partial charge is 0.379 e. The van der Waals surface area contributed by atoms with Crippen LogP contribution in [0.2, 0.25) is 0 Å². The average Bonchev–Trinajstić information content (AvgIpc) is 3.25. The summed E-state index contributed by atoms with van der Waals surface area (Å²) in [4.78, 5) is 20.4. The zero-order chi connectivity index (χ0) is 22.3. The minimum absolute atomic E-state index is 0.0643. The summed E-state index contributed by atoms with van der Waals surface area (Å²) < 4.78 is 23.9. The number of ether oxygens (including phenoxy) is 1. The molecule has 0 radical (unpaired) electrons. The van der Waals surface area contributed by atoms with E-state index in [1.807, 2.05) is 18.2 Å². The van der Waals surface area contributed by atoms with Gasteiger partial charge in [-0.1, -0.05) is 29.4 Å². The molecule has 0 spiro atoms. The van der Waals surface area contributed by atoms with Crippen molar-refractivity contribution in [3.63, 3.8) is 0 Å². The minimum atomic E-state index is -0.277. The van der Waals surface area contributed by atoms with Gasteiger partial charge in [0.2, 0.25) is 5.89 Å². The van der Waals surface area contributed by atoms with Crippen molar-refractivity contribution in [3.05, 3.63) is 77.2 Å². The molecular weight excluding hydrogens is 431 g/mol. The molecule has 4 rings (SSSR count). The van der Waals surface area contributed by atoms with Crippen LogP contribution in [0.4, 0.5) is 4.39 Å². The van der Waals surface area contributed by atoms with Crippen LogP contribution in [0.15, 0.2) is 57.9 Å². The Labute approximate surface area is 190 Å². The van der Waals surface area contributed by atoms with Gasteiger partial charge in [0.05, 0.1) is 30.6 Å². The molecule has 1 saturated heterocycles. The molecule has 1 N–H and O–H groups in total. The summed E-state index contributed by atoms with van der Waals surface area (Å²) in [5.41, 5.74) is 1.56. The van der Waals surface area contributed by atoms with Crippen molar-refractivity contribution < 1.29 is 18.4 Å². The molecule has 1 aliphatic heterocycles. The van der Waals surface area contributed by atoms with E-state index in [1.54, 1.807) is 25.1 Å². The lowest BCUT2D eigenvalue weighted by Crippen LogP contribution is -2.43. The Morgan fingerprint density at radius 2 is 1.94 bits per heavy atom. The third-order valence-electron chi connectivity index (χ3n) is 5.26. The number of nitrogens with zero attached hydrogens (tertiary/aromatic N) is 3. The minimum Gasteiger partial charge on any atom is -0.379 e. The molecule has 7 nitrogen and oxygen atoms in total. The van der Waals surface area contributed by atoms with Crippen LogP contribution in [0.1, 0.15) is 33.7 Å². The summed E-state index contributed by atoms with van der Waals surface area (Å²) in [5, 5.41) is 6.98. The fourth-order valence-corrected chi connectivity index (χ4v) is 4.53. The molecule has 1 atom stereocenters. The van der Waals surface area contributed by atoms with Crippen LogP contribution in [0.5, 0.6) is 0 Å². The van der Waals surface area contributed by atoms with Gasteiger partial charge in [0, 0.05) is 31.5 Å². The van der Waals surface area contributed by atoms with Crippen molar-refractivity contribution in [3.8, 4) is 0 Å². The van der Waals surface area contributed by atoms with E-state index in [0.29, 0.717) is 42.8 Å². The first-order chi connectivity index (χ1) is 15.6. The fraction of sp³-hybridized carbons (Fsp3) is 0.348. The highest BCUT2D eigenvalue weighted by molar-refractivity contribution is 7.98. The first kappa shape index (κ1) is 22.4. The number of amides is 1. The number of carbonyl (C=O) groups excluding carboxylic acids is 1. The van der Waals surface area contributed by atoms with Gasteiger partial charge in [-0.05, 0) is 29.8 Å². The number of hydrogen-bond donors (Lipinski definition) is 1. The van der Waals surface area contributed by atoms with Gasteiger partial charge in [-0.15, -0.1) is 11.8 Å². The van der Waals surface area contributed by atoms with Gasteiger partial charge in [-0.3, -0.25) is 9.69 Å². The van der Waals surface area contributed by atoms with Crippen molar-refractivity contribution in [1.82, 2.24) is 20.4 Å². The lowest BCUT2D eigenvalue weighted by molar-refractivity contribution is 0.0162. The quantitative estimate of drug-likeness (QED) is 0.519. The monoisotopic (exact) mass is 456 g/mol. The number of halogens is 1. The lowest BCUT2D eigenvalue weighted by Gasteiger charge is -2.35. The van der Waals surface area contributed by atoms with Gasteiger partial charge in [-0.25, -0.2) is 4.39 Å². The molecule has 1 fully saturated rings. The molecule has 0 saturated carbocycles. The second-order valence-corrected chi connectivity index (χ2v) is 8.46. The van der Waals surface area contributed by atoms with Gasteiger partial charge < -0.3 is 14.6 Å². The molecule has 1 unspecified atom stereocenters. The number of nitrogens with one attached hydrogen (secondary N) is 1. The Balaban J connectivity index is 1.45. The van der Waals surface area contributed by atoms with E-state index in [-0.39, 0.29) is 17.8 Å². The number of aryl methyl sites for hydroxylation is 1. The van der Waals surface area contributed by atoms with Crippen molar-refractivity contribution in [2.75, 3.05) is 32.8 Å². The topological polar surface area (TPSA) is 80.5 Å². The first-order valence-electron chi connectivity index (χ1n) is 10.5. The Hall–Kier alpha value is -2.75. The number of morpholine rings is 1. The fourth-order valence-electron chi connectivity index (χ4n) is 3.64. The van der Waals surface area contributed by atoms with Gasteiger partial charge in [0.15, 0.2) is 5.82 Å². The van der Waals surface area contributed by atoms with Crippen LogP contribution in [0.25, 0.3) is 0 Å². The second kappa shape index (κ2) is 10.7. The maximum absolute atomic E-state index is 13.4. The van der Waals surface area contributed by atoms with E-state index >= 15 is 0 Å². The van der Waals surface area contributed by atoms with Crippen molar-refractivity contribution in [2.24, 2.45) is 0 Å². The standard InChI is InChI=1S/C23H25FN4O3S/c1-16-26-22(27-31-16)15-32-21-5-3-2-4-19(21)23(29)25-14-20(28-10-12-30-13-11-28)17-6-8-18(24)9-7-17/h2-9,20H,10-15H2,1H3,(H,25,29). The summed E-state index contributed by atoms with van der Waals surface area (Å²) in [6.45, 7) is 4.95. The molecular formula is C23H25FN4O3S. The number of aromatic nitrogens is 2.